The monoisotopic (exact) mass is 361 g/mol. The highest BCUT2D eigenvalue weighted by atomic mass is 79.9. The summed E-state index contributed by atoms with van der Waals surface area (Å²) in [7, 11) is 0. The van der Waals surface area contributed by atoms with Crippen molar-refractivity contribution in [2.75, 3.05) is 31.1 Å². The fraction of sp³-hybridized carbons (Fsp3) is 0.333. The van der Waals surface area contributed by atoms with Crippen LogP contribution in [0.15, 0.2) is 41.4 Å². The van der Waals surface area contributed by atoms with Crippen LogP contribution in [0.4, 0.5) is 5.82 Å². The van der Waals surface area contributed by atoms with Crippen molar-refractivity contribution in [2.45, 2.75) is 6.42 Å². The van der Waals surface area contributed by atoms with Crippen LogP contribution < -0.4 is 4.90 Å². The van der Waals surface area contributed by atoms with Crippen molar-refractivity contribution in [2.24, 2.45) is 0 Å². The van der Waals surface area contributed by atoms with E-state index in [0.717, 1.165) is 36.3 Å². The number of hydrogen-bond acceptors (Lipinski definition) is 5. The highest BCUT2D eigenvalue weighted by molar-refractivity contribution is 9.10. The van der Waals surface area contributed by atoms with E-state index in [1.807, 2.05) is 17.0 Å². The zero-order valence-corrected chi connectivity index (χ0v) is 13.6. The largest absolute Gasteiger partial charge is 0.355 e. The molecule has 1 aliphatic heterocycles. The molecule has 0 saturated carbocycles. The van der Waals surface area contributed by atoms with Gasteiger partial charge in [0.2, 0.25) is 0 Å². The lowest BCUT2D eigenvalue weighted by Crippen LogP contribution is -2.35. The maximum absolute atomic E-state index is 12.4. The Bertz CT molecular complexity index is 634. The van der Waals surface area contributed by atoms with Crippen LogP contribution in [-0.4, -0.2) is 51.9 Å². The number of anilines is 1. The first-order valence-electron chi connectivity index (χ1n) is 7.16. The van der Waals surface area contributed by atoms with E-state index in [9.17, 15) is 4.79 Å². The molecule has 2 aromatic heterocycles. The molecule has 22 heavy (non-hydrogen) atoms. The van der Waals surface area contributed by atoms with Crippen molar-refractivity contribution in [3.63, 3.8) is 0 Å². The lowest BCUT2D eigenvalue weighted by atomic mass is 10.3. The van der Waals surface area contributed by atoms with Gasteiger partial charge in [0.25, 0.3) is 5.91 Å². The summed E-state index contributed by atoms with van der Waals surface area (Å²) in [6, 6.07) is 5.63. The Labute approximate surface area is 137 Å². The number of nitrogens with zero attached hydrogens (tertiary/aromatic N) is 5. The van der Waals surface area contributed by atoms with Gasteiger partial charge in [0, 0.05) is 43.0 Å². The van der Waals surface area contributed by atoms with Crippen LogP contribution in [-0.2, 0) is 0 Å². The zero-order chi connectivity index (χ0) is 15.4. The molecule has 0 spiro atoms. The second-order valence-electron chi connectivity index (χ2n) is 5.06. The van der Waals surface area contributed by atoms with Crippen LogP contribution in [0, 0.1) is 0 Å². The predicted molar refractivity (Wildman–Crippen MR) is 86.7 cm³/mol. The van der Waals surface area contributed by atoms with Gasteiger partial charge in [-0.3, -0.25) is 4.79 Å². The van der Waals surface area contributed by atoms with E-state index in [0.29, 0.717) is 12.2 Å². The summed E-state index contributed by atoms with van der Waals surface area (Å²) in [4.78, 5) is 28.8. The van der Waals surface area contributed by atoms with Crippen molar-refractivity contribution in [3.8, 4) is 0 Å². The molecule has 3 rings (SSSR count). The summed E-state index contributed by atoms with van der Waals surface area (Å²) >= 11 is 3.39. The van der Waals surface area contributed by atoms with Gasteiger partial charge in [-0.25, -0.2) is 15.0 Å². The average Bonchev–Trinajstić information content (AvgIpc) is 2.82. The molecule has 0 atom stereocenters. The first-order valence-corrected chi connectivity index (χ1v) is 7.95. The minimum Gasteiger partial charge on any atom is -0.355 e. The number of aromatic nitrogens is 3. The second-order valence-corrected chi connectivity index (χ2v) is 5.98. The van der Waals surface area contributed by atoms with E-state index in [1.54, 1.807) is 18.5 Å². The fourth-order valence-corrected chi connectivity index (χ4v) is 2.72. The maximum atomic E-state index is 12.4. The lowest BCUT2D eigenvalue weighted by molar-refractivity contribution is 0.0761. The third-order valence-corrected chi connectivity index (χ3v) is 4.09. The predicted octanol–water partition coefficient (Wildman–Crippen LogP) is 1.99. The molecule has 0 aliphatic carbocycles. The number of carbonyl (C=O) groups is 1. The molecule has 7 heteroatoms. The van der Waals surface area contributed by atoms with Crippen LogP contribution in [0.5, 0.6) is 0 Å². The number of halogens is 1. The minimum atomic E-state index is -0.0342. The van der Waals surface area contributed by atoms with Crippen LogP contribution in [0.1, 0.15) is 16.9 Å². The van der Waals surface area contributed by atoms with Gasteiger partial charge < -0.3 is 9.80 Å². The van der Waals surface area contributed by atoms with Gasteiger partial charge in [-0.15, -0.1) is 0 Å². The summed E-state index contributed by atoms with van der Waals surface area (Å²) in [5.41, 5.74) is 0.449. The Hall–Kier alpha value is -2.02. The normalized spacial score (nSPS) is 15.5. The third-order valence-electron chi connectivity index (χ3n) is 3.62. The van der Waals surface area contributed by atoms with E-state index in [2.05, 4.69) is 35.8 Å². The van der Waals surface area contributed by atoms with Crippen molar-refractivity contribution >= 4 is 27.7 Å². The molecular formula is C15H16BrN5O. The number of amides is 1. The minimum absolute atomic E-state index is 0.0342. The van der Waals surface area contributed by atoms with Gasteiger partial charge in [0.15, 0.2) is 0 Å². The molecule has 1 saturated heterocycles. The van der Waals surface area contributed by atoms with Crippen LogP contribution in [0.3, 0.4) is 0 Å². The smallest absolute Gasteiger partial charge is 0.272 e. The number of pyridine rings is 1. The topological polar surface area (TPSA) is 62.2 Å². The van der Waals surface area contributed by atoms with Crippen molar-refractivity contribution in [1.82, 2.24) is 19.9 Å². The Morgan fingerprint density at radius 2 is 2.00 bits per heavy atom. The van der Waals surface area contributed by atoms with E-state index >= 15 is 0 Å². The highest BCUT2D eigenvalue weighted by Gasteiger charge is 2.21. The standard InChI is InChI=1S/C15H16BrN5O/c16-12-2-3-14(18-10-12)20-6-1-7-21(9-8-20)15(22)13-4-5-17-11-19-13/h2-5,10-11H,1,6-9H2. The van der Waals surface area contributed by atoms with Crippen LogP contribution in [0.25, 0.3) is 0 Å². The summed E-state index contributed by atoms with van der Waals surface area (Å²) in [6.07, 6.45) is 5.71. The Kier molecular flexibility index (Phi) is 4.62. The molecule has 0 radical (unpaired) electrons. The molecular weight excluding hydrogens is 346 g/mol. The average molecular weight is 362 g/mol. The quantitative estimate of drug-likeness (QED) is 0.818. The summed E-state index contributed by atoms with van der Waals surface area (Å²) in [6.45, 7) is 3.06. The van der Waals surface area contributed by atoms with Crippen molar-refractivity contribution in [1.29, 1.82) is 0 Å². The van der Waals surface area contributed by atoms with E-state index in [1.165, 1.54) is 6.33 Å². The van der Waals surface area contributed by atoms with Gasteiger partial charge in [-0.05, 0) is 40.5 Å². The van der Waals surface area contributed by atoms with Crippen molar-refractivity contribution in [3.05, 3.63) is 47.1 Å². The molecule has 6 nitrogen and oxygen atoms in total. The van der Waals surface area contributed by atoms with E-state index in [-0.39, 0.29) is 5.91 Å². The summed E-state index contributed by atoms with van der Waals surface area (Å²) in [5.74, 6) is 0.910. The Morgan fingerprint density at radius 1 is 1.09 bits per heavy atom. The Morgan fingerprint density at radius 3 is 2.73 bits per heavy atom. The molecule has 2 aromatic rings. The van der Waals surface area contributed by atoms with Gasteiger partial charge >= 0.3 is 0 Å². The maximum Gasteiger partial charge on any atom is 0.272 e. The van der Waals surface area contributed by atoms with Gasteiger partial charge in [-0.1, -0.05) is 0 Å². The van der Waals surface area contributed by atoms with E-state index < -0.39 is 0 Å². The molecule has 0 aromatic carbocycles. The fourth-order valence-electron chi connectivity index (χ4n) is 2.48. The molecule has 1 fully saturated rings. The molecule has 0 unspecified atom stereocenters. The number of hydrogen-bond donors (Lipinski definition) is 0. The number of carbonyl (C=O) groups excluding carboxylic acids is 1. The zero-order valence-electron chi connectivity index (χ0n) is 12.0. The SMILES string of the molecule is O=C(c1ccncn1)N1CCCN(c2ccc(Br)cn2)CC1. The summed E-state index contributed by atoms with van der Waals surface area (Å²) in [5, 5.41) is 0. The van der Waals surface area contributed by atoms with Crippen molar-refractivity contribution < 1.29 is 4.79 Å². The third kappa shape index (κ3) is 3.41. The lowest BCUT2D eigenvalue weighted by Gasteiger charge is -2.22. The first kappa shape index (κ1) is 14.9. The van der Waals surface area contributed by atoms with Crippen LogP contribution in [0.2, 0.25) is 0 Å². The Balaban J connectivity index is 1.67. The first-order chi connectivity index (χ1) is 10.7. The highest BCUT2D eigenvalue weighted by Crippen LogP contribution is 2.17. The molecule has 114 valence electrons. The molecule has 1 amide bonds. The number of rotatable bonds is 2. The second kappa shape index (κ2) is 6.83. The van der Waals surface area contributed by atoms with Crippen LogP contribution >= 0.6 is 15.9 Å². The van der Waals surface area contributed by atoms with Gasteiger partial charge in [0.05, 0.1) is 0 Å². The van der Waals surface area contributed by atoms with E-state index in [4.69, 9.17) is 0 Å². The van der Waals surface area contributed by atoms with Gasteiger partial charge in [-0.2, -0.15) is 0 Å². The van der Waals surface area contributed by atoms with Gasteiger partial charge in [0.1, 0.15) is 17.8 Å². The molecule has 0 bridgehead atoms. The molecule has 1 aliphatic rings. The molecule has 0 N–H and O–H groups in total. The molecule has 3 heterocycles. The summed E-state index contributed by atoms with van der Waals surface area (Å²) < 4.78 is 0.964.